The molecule has 0 radical (unpaired) electrons. The molecular formula is C23H21NO6. The zero-order chi connectivity index (χ0) is 21.1. The lowest BCUT2D eigenvalue weighted by Crippen LogP contribution is -2.65. The molecule has 2 aromatic rings. The van der Waals surface area contributed by atoms with Crippen LogP contribution in [0.1, 0.15) is 16.8 Å². The number of methoxy groups -OCH3 is 1. The van der Waals surface area contributed by atoms with Crippen molar-refractivity contribution < 1.29 is 28.6 Å². The number of carbonyl (C=O) groups is 3. The molecule has 1 saturated heterocycles. The molecule has 3 aliphatic rings. The van der Waals surface area contributed by atoms with Crippen molar-refractivity contribution >= 4 is 18.3 Å². The van der Waals surface area contributed by atoms with Crippen LogP contribution in [0.25, 0.3) is 0 Å². The molecule has 1 fully saturated rings. The van der Waals surface area contributed by atoms with Crippen molar-refractivity contribution in [2.45, 2.75) is 18.1 Å². The summed E-state index contributed by atoms with van der Waals surface area (Å²) in [5, 5.41) is 0. The number of rotatable bonds is 5. The number of esters is 1. The number of benzene rings is 2. The molecule has 0 N–H and O–H groups in total. The van der Waals surface area contributed by atoms with Crippen LogP contribution in [0, 0.1) is 5.92 Å². The Labute approximate surface area is 173 Å². The summed E-state index contributed by atoms with van der Waals surface area (Å²) in [6.07, 6.45) is 4.03. The first kappa shape index (κ1) is 19.7. The molecule has 0 unspecified atom stereocenters. The lowest BCUT2D eigenvalue weighted by Gasteiger charge is -2.49. The lowest BCUT2D eigenvalue weighted by atomic mass is 9.75. The quantitative estimate of drug-likeness (QED) is 0.430. The second-order valence-electron chi connectivity index (χ2n) is 7.32. The Kier molecular flexibility index (Phi) is 5.27. The molecule has 7 nitrogen and oxygen atoms in total. The van der Waals surface area contributed by atoms with Gasteiger partial charge < -0.3 is 14.2 Å². The Morgan fingerprint density at radius 1 is 1.03 bits per heavy atom. The van der Waals surface area contributed by atoms with Crippen molar-refractivity contribution in [3.05, 3.63) is 72.3 Å². The van der Waals surface area contributed by atoms with E-state index in [1.807, 2.05) is 12.1 Å². The van der Waals surface area contributed by atoms with Gasteiger partial charge in [0.1, 0.15) is 17.5 Å². The zero-order valence-electron chi connectivity index (χ0n) is 16.4. The zero-order valence-corrected chi connectivity index (χ0v) is 16.4. The normalized spacial score (nSPS) is 24.2. The van der Waals surface area contributed by atoms with Crippen LogP contribution < -0.4 is 9.47 Å². The minimum Gasteiger partial charge on any atom is -0.497 e. The molecule has 7 heteroatoms. The van der Waals surface area contributed by atoms with Crippen molar-refractivity contribution in [1.29, 1.82) is 0 Å². The van der Waals surface area contributed by atoms with Gasteiger partial charge in [0.05, 0.1) is 12.7 Å². The Balaban J connectivity index is 1.55. The van der Waals surface area contributed by atoms with Gasteiger partial charge in [0.25, 0.3) is 0 Å². The molecule has 5 rings (SSSR count). The first-order chi connectivity index (χ1) is 14.5. The SMILES string of the molecule is COc1ccc(C(=O)O[C@@]2(C=O)C[C@@H]3C=C[C@H]2N(C(=O)Oc2ccccc2)C3)cc1. The monoisotopic (exact) mass is 407 g/mol. The first-order valence-electron chi connectivity index (χ1n) is 9.60. The van der Waals surface area contributed by atoms with Crippen LogP contribution in [0.3, 0.4) is 0 Å². The predicted octanol–water partition coefficient (Wildman–Crippen LogP) is 3.25. The molecule has 0 aromatic heterocycles. The molecule has 2 heterocycles. The van der Waals surface area contributed by atoms with Gasteiger partial charge in [-0.15, -0.1) is 0 Å². The highest BCUT2D eigenvalue weighted by molar-refractivity contribution is 5.91. The van der Waals surface area contributed by atoms with E-state index in [0.717, 1.165) is 0 Å². The fourth-order valence-corrected chi connectivity index (χ4v) is 3.92. The van der Waals surface area contributed by atoms with Gasteiger partial charge >= 0.3 is 12.1 Å². The molecule has 154 valence electrons. The highest BCUT2D eigenvalue weighted by Gasteiger charge is 2.54. The number of para-hydroxylation sites is 1. The number of amides is 1. The first-order valence-corrected chi connectivity index (χ1v) is 9.60. The molecule has 2 bridgehead atoms. The number of hydrogen-bond donors (Lipinski definition) is 0. The third kappa shape index (κ3) is 3.66. The summed E-state index contributed by atoms with van der Waals surface area (Å²) in [4.78, 5) is 39.1. The minimum absolute atomic E-state index is 0.118. The maximum atomic E-state index is 12.8. The van der Waals surface area contributed by atoms with Crippen molar-refractivity contribution in [3.8, 4) is 11.5 Å². The Morgan fingerprint density at radius 3 is 2.40 bits per heavy atom. The van der Waals surface area contributed by atoms with Crippen LogP contribution in [0.15, 0.2) is 66.7 Å². The number of piperidine rings is 1. The highest BCUT2D eigenvalue weighted by atomic mass is 16.6. The van der Waals surface area contributed by atoms with Crippen LogP contribution in [0.4, 0.5) is 4.79 Å². The van der Waals surface area contributed by atoms with E-state index in [1.54, 1.807) is 54.6 Å². The number of aldehydes is 1. The fraction of sp³-hybridized carbons (Fsp3) is 0.261. The topological polar surface area (TPSA) is 82.1 Å². The molecule has 3 atom stereocenters. The average Bonchev–Trinajstić information content (AvgIpc) is 2.80. The molecule has 0 saturated carbocycles. The number of fused-ring (bicyclic) bond motifs is 2. The molecule has 2 aliphatic heterocycles. The van der Waals surface area contributed by atoms with E-state index in [-0.39, 0.29) is 5.92 Å². The van der Waals surface area contributed by atoms with Gasteiger partial charge in [0, 0.05) is 13.0 Å². The van der Waals surface area contributed by atoms with E-state index in [2.05, 4.69) is 0 Å². The van der Waals surface area contributed by atoms with Gasteiger partial charge in [-0.3, -0.25) is 9.69 Å². The van der Waals surface area contributed by atoms with E-state index < -0.39 is 23.7 Å². The van der Waals surface area contributed by atoms with Crippen LogP contribution in [-0.2, 0) is 9.53 Å². The van der Waals surface area contributed by atoms with Crippen molar-refractivity contribution in [3.63, 3.8) is 0 Å². The molecule has 0 spiro atoms. The highest BCUT2D eigenvalue weighted by Crippen LogP contribution is 2.40. The van der Waals surface area contributed by atoms with E-state index in [1.165, 1.54) is 12.0 Å². The average molecular weight is 407 g/mol. The molecule has 2 aromatic carbocycles. The largest absolute Gasteiger partial charge is 0.497 e. The minimum atomic E-state index is -1.47. The van der Waals surface area contributed by atoms with Gasteiger partial charge in [-0.25, -0.2) is 9.59 Å². The van der Waals surface area contributed by atoms with Crippen molar-refractivity contribution in [1.82, 2.24) is 4.90 Å². The molecular weight excluding hydrogens is 386 g/mol. The standard InChI is InChI=1S/C23H21NO6/c1-28-18-10-8-17(9-11-18)21(26)30-23(15-25)13-16-7-12-20(23)24(14-16)22(27)29-19-5-3-2-4-6-19/h2-12,15-16,20H,13-14H2,1H3/t16-,20+,23+/m0/s1. The summed E-state index contributed by atoms with van der Waals surface area (Å²) in [5.41, 5.74) is -1.18. The van der Waals surface area contributed by atoms with Crippen molar-refractivity contribution in [2.75, 3.05) is 13.7 Å². The Morgan fingerprint density at radius 2 is 1.77 bits per heavy atom. The predicted molar refractivity (Wildman–Crippen MR) is 107 cm³/mol. The van der Waals surface area contributed by atoms with Crippen LogP contribution in [0.5, 0.6) is 11.5 Å². The van der Waals surface area contributed by atoms with Crippen LogP contribution in [0.2, 0.25) is 0 Å². The Bertz CT molecular complexity index is 971. The van der Waals surface area contributed by atoms with E-state index in [9.17, 15) is 14.4 Å². The number of ether oxygens (including phenoxy) is 3. The maximum absolute atomic E-state index is 12.8. The molecule has 1 amide bonds. The molecule has 1 aliphatic carbocycles. The summed E-state index contributed by atoms with van der Waals surface area (Å²) in [6, 6.07) is 14.4. The number of hydrogen-bond acceptors (Lipinski definition) is 6. The maximum Gasteiger partial charge on any atom is 0.415 e. The second-order valence-corrected chi connectivity index (χ2v) is 7.32. The van der Waals surface area contributed by atoms with Gasteiger partial charge in [-0.2, -0.15) is 0 Å². The van der Waals surface area contributed by atoms with Crippen LogP contribution in [-0.4, -0.2) is 48.5 Å². The fourth-order valence-electron chi connectivity index (χ4n) is 3.92. The van der Waals surface area contributed by atoms with Gasteiger partial charge in [0.2, 0.25) is 0 Å². The van der Waals surface area contributed by atoms with Gasteiger partial charge in [0.15, 0.2) is 11.9 Å². The van der Waals surface area contributed by atoms with Gasteiger partial charge in [-0.05, 0) is 42.3 Å². The van der Waals surface area contributed by atoms with E-state index in [4.69, 9.17) is 14.2 Å². The third-order valence-electron chi connectivity index (χ3n) is 5.41. The summed E-state index contributed by atoms with van der Waals surface area (Å²) in [5.74, 6) is 0.250. The summed E-state index contributed by atoms with van der Waals surface area (Å²) < 4.78 is 16.2. The lowest BCUT2D eigenvalue weighted by molar-refractivity contribution is -0.138. The Hall–Kier alpha value is -3.61. The van der Waals surface area contributed by atoms with Crippen molar-refractivity contribution in [2.24, 2.45) is 5.92 Å². The second kappa shape index (κ2) is 8.02. The van der Waals surface area contributed by atoms with E-state index >= 15 is 0 Å². The smallest absolute Gasteiger partial charge is 0.415 e. The molecule has 30 heavy (non-hydrogen) atoms. The summed E-state index contributed by atoms with van der Waals surface area (Å²) in [6.45, 7) is 0.391. The van der Waals surface area contributed by atoms with Crippen LogP contribution >= 0.6 is 0 Å². The summed E-state index contributed by atoms with van der Waals surface area (Å²) >= 11 is 0. The summed E-state index contributed by atoms with van der Waals surface area (Å²) in [7, 11) is 1.53. The van der Waals surface area contributed by atoms with Gasteiger partial charge in [-0.1, -0.05) is 30.4 Å². The van der Waals surface area contributed by atoms with E-state index in [0.29, 0.717) is 36.3 Å². The number of nitrogens with zero attached hydrogens (tertiary/aromatic N) is 1. The third-order valence-corrected chi connectivity index (χ3v) is 5.41. The number of carbonyl (C=O) groups excluding carboxylic acids is 3.